The van der Waals surface area contributed by atoms with Crippen molar-refractivity contribution in [2.45, 2.75) is 13.0 Å². The molecule has 0 saturated heterocycles. The van der Waals surface area contributed by atoms with Gasteiger partial charge in [0.2, 0.25) is 0 Å². The fourth-order valence-corrected chi connectivity index (χ4v) is 2.30. The minimum atomic E-state index is -0.617. The smallest absolute Gasteiger partial charge is 0.105 e. The number of aliphatic hydroxyl groups is 1. The maximum atomic E-state index is 10.6. The highest BCUT2D eigenvalue weighted by molar-refractivity contribution is 5.85. The van der Waals surface area contributed by atoms with E-state index in [1.54, 1.807) is 6.20 Å². The lowest BCUT2D eigenvalue weighted by atomic mass is 9.96. The predicted octanol–water partition coefficient (Wildman–Crippen LogP) is 3.62. The van der Waals surface area contributed by atoms with Crippen molar-refractivity contribution in [3.63, 3.8) is 0 Å². The third kappa shape index (κ3) is 2.23. The molecule has 2 heteroatoms. The maximum Gasteiger partial charge on any atom is 0.105 e. The van der Waals surface area contributed by atoms with Gasteiger partial charge >= 0.3 is 0 Å². The summed E-state index contributed by atoms with van der Waals surface area (Å²) in [5.74, 6) is 0. The van der Waals surface area contributed by atoms with Crippen LogP contribution in [0.25, 0.3) is 10.8 Å². The Kier molecular flexibility index (Phi) is 3.02. The van der Waals surface area contributed by atoms with E-state index in [0.717, 1.165) is 21.9 Å². The minimum absolute atomic E-state index is 0.617. The second-order valence-electron chi connectivity index (χ2n) is 4.76. The molecule has 94 valence electrons. The molecule has 0 aliphatic rings. The van der Waals surface area contributed by atoms with Crippen LogP contribution in [0, 0.1) is 6.92 Å². The molecule has 0 aliphatic carbocycles. The van der Waals surface area contributed by atoms with Crippen LogP contribution < -0.4 is 0 Å². The van der Waals surface area contributed by atoms with E-state index in [2.05, 4.69) is 4.98 Å². The van der Waals surface area contributed by atoms with Crippen molar-refractivity contribution < 1.29 is 5.11 Å². The molecule has 1 heterocycles. The lowest BCUT2D eigenvalue weighted by Gasteiger charge is -2.14. The second kappa shape index (κ2) is 4.82. The van der Waals surface area contributed by atoms with Crippen molar-refractivity contribution in [1.29, 1.82) is 0 Å². The lowest BCUT2D eigenvalue weighted by Crippen LogP contribution is -2.00. The van der Waals surface area contributed by atoms with E-state index in [1.807, 2.05) is 61.7 Å². The first-order chi connectivity index (χ1) is 9.25. The molecule has 1 unspecified atom stereocenters. The SMILES string of the molecule is Cc1ccc(C(O)c2cccc3ccncc23)cc1. The van der Waals surface area contributed by atoms with Gasteiger partial charge in [-0.15, -0.1) is 0 Å². The third-order valence-electron chi connectivity index (χ3n) is 3.41. The Bertz CT molecular complexity index is 699. The summed E-state index contributed by atoms with van der Waals surface area (Å²) in [6.07, 6.45) is 2.96. The number of rotatable bonds is 2. The van der Waals surface area contributed by atoms with Gasteiger partial charge in [-0.05, 0) is 29.5 Å². The molecule has 0 fully saturated rings. The van der Waals surface area contributed by atoms with E-state index in [0.29, 0.717) is 0 Å². The van der Waals surface area contributed by atoms with Crippen LogP contribution in [0.4, 0.5) is 0 Å². The van der Waals surface area contributed by atoms with Crippen molar-refractivity contribution in [1.82, 2.24) is 4.98 Å². The number of hydrogen-bond acceptors (Lipinski definition) is 2. The summed E-state index contributed by atoms with van der Waals surface area (Å²) >= 11 is 0. The molecule has 19 heavy (non-hydrogen) atoms. The van der Waals surface area contributed by atoms with Gasteiger partial charge in [-0.3, -0.25) is 4.98 Å². The number of aromatic nitrogens is 1. The van der Waals surface area contributed by atoms with Crippen LogP contribution in [0.1, 0.15) is 22.8 Å². The molecule has 3 rings (SSSR count). The Morgan fingerprint density at radius 1 is 1.00 bits per heavy atom. The number of benzene rings is 2. The molecular formula is C17H15NO. The van der Waals surface area contributed by atoms with Gasteiger partial charge in [0, 0.05) is 17.8 Å². The van der Waals surface area contributed by atoms with Crippen molar-refractivity contribution in [3.8, 4) is 0 Å². The summed E-state index contributed by atoms with van der Waals surface area (Å²) < 4.78 is 0. The van der Waals surface area contributed by atoms with Crippen LogP contribution in [0.15, 0.2) is 60.9 Å². The molecule has 1 atom stereocenters. The Morgan fingerprint density at radius 3 is 2.58 bits per heavy atom. The second-order valence-corrected chi connectivity index (χ2v) is 4.76. The standard InChI is InChI=1S/C17H15NO/c1-12-5-7-14(8-6-12)17(19)15-4-2-3-13-9-10-18-11-16(13)15/h2-11,17,19H,1H3. The van der Waals surface area contributed by atoms with Crippen LogP contribution in [-0.4, -0.2) is 10.1 Å². The zero-order valence-corrected chi connectivity index (χ0v) is 10.7. The topological polar surface area (TPSA) is 33.1 Å². The van der Waals surface area contributed by atoms with Gasteiger partial charge in [-0.25, -0.2) is 0 Å². The Labute approximate surface area is 112 Å². The number of aryl methyl sites for hydroxylation is 1. The highest BCUT2D eigenvalue weighted by atomic mass is 16.3. The first-order valence-corrected chi connectivity index (χ1v) is 6.33. The van der Waals surface area contributed by atoms with Crippen molar-refractivity contribution in [3.05, 3.63) is 77.6 Å². The number of aliphatic hydroxyl groups excluding tert-OH is 1. The molecule has 2 aromatic carbocycles. The van der Waals surface area contributed by atoms with E-state index in [4.69, 9.17) is 0 Å². The molecule has 1 aromatic heterocycles. The Balaban J connectivity index is 2.11. The summed E-state index contributed by atoms with van der Waals surface area (Å²) in [5, 5.41) is 12.6. The summed E-state index contributed by atoms with van der Waals surface area (Å²) in [4.78, 5) is 4.15. The van der Waals surface area contributed by atoms with Gasteiger partial charge in [0.15, 0.2) is 0 Å². The molecule has 0 aliphatic heterocycles. The molecule has 0 radical (unpaired) electrons. The molecule has 0 bridgehead atoms. The van der Waals surface area contributed by atoms with E-state index in [-0.39, 0.29) is 0 Å². The lowest BCUT2D eigenvalue weighted by molar-refractivity contribution is 0.222. The number of nitrogens with zero attached hydrogens (tertiary/aromatic N) is 1. The summed E-state index contributed by atoms with van der Waals surface area (Å²) in [6, 6.07) is 15.9. The van der Waals surface area contributed by atoms with E-state index in [9.17, 15) is 5.11 Å². The summed E-state index contributed by atoms with van der Waals surface area (Å²) in [5.41, 5.74) is 2.99. The highest BCUT2D eigenvalue weighted by Crippen LogP contribution is 2.28. The fraction of sp³-hybridized carbons (Fsp3) is 0.118. The quantitative estimate of drug-likeness (QED) is 0.752. The zero-order chi connectivity index (χ0) is 13.2. The van der Waals surface area contributed by atoms with Crippen molar-refractivity contribution >= 4 is 10.8 Å². The monoisotopic (exact) mass is 249 g/mol. The molecule has 0 saturated carbocycles. The van der Waals surface area contributed by atoms with Crippen LogP contribution in [0.2, 0.25) is 0 Å². The van der Waals surface area contributed by atoms with Crippen molar-refractivity contribution in [2.24, 2.45) is 0 Å². The normalized spacial score (nSPS) is 12.5. The highest BCUT2D eigenvalue weighted by Gasteiger charge is 2.13. The predicted molar refractivity (Wildman–Crippen MR) is 77.0 cm³/mol. The minimum Gasteiger partial charge on any atom is -0.384 e. The van der Waals surface area contributed by atoms with Gasteiger partial charge in [0.05, 0.1) is 0 Å². The van der Waals surface area contributed by atoms with Gasteiger partial charge in [-0.2, -0.15) is 0 Å². The molecule has 0 spiro atoms. The molecule has 2 nitrogen and oxygen atoms in total. The maximum absolute atomic E-state index is 10.6. The van der Waals surface area contributed by atoms with E-state index in [1.165, 1.54) is 5.56 Å². The van der Waals surface area contributed by atoms with Gasteiger partial charge in [-0.1, -0.05) is 48.0 Å². The average Bonchev–Trinajstić information content (AvgIpc) is 2.47. The Morgan fingerprint density at radius 2 is 1.79 bits per heavy atom. The van der Waals surface area contributed by atoms with Gasteiger partial charge in [0.1, 0.15) is 6.10 Å². The molecule has 0 amide bonds. The molecule has 1 N–H and O–H groups in total. The number of hydrogen-bond donors (Lipinski definition) is 1. The number of pyridine rings is 1. The van der Waals surface area contributed by atoms with Crippen LogP contribution in [0.5, 0.6) is 0 Å². The van der Waals surface area contributed by atoms with Crippen LogP contribution >= 0.6 is 0 Å². The third-order valence-corrected chi connectivity index (χ3v) is 3.41. The summed E-state index contributed by atoms with van der Waals surface area (Å²) in [6.45, 7) is 2.04. The summed E-state index contributed by atoms with van der Waals surface area (Å²) in [7, 11) is 0. The van der Waals surface area contributed by atoms with Gasteiger partial charge in [0.25, 0.3) is 0 Å². The molecular weight excluding hydrogens is 234 g/mol. The van der Waals surface area contributed by atoms with Crippen LogP contribution in [0.3, 0.4) is 0 Å². The largest absolute Gasteiger partial charge is 0.384 e. The van der Waals surface area contributed by atoms with Crippen LogP contribution in [-0.2, 0) is 0 Å². The molecule has 3 aromatic rings. The number of fused-ring (bicyclic) bond motifs is 1. The average molecular weight is 249 g/mol. The van der Waals surface area contributed by atoms with E-state index >= 15 is 0 Å². The Hall–Kier alpha value is -2.19. The van der Waals surface area contributed by atoms with Crippen molar-refractivity contribution in [2.75, 3.05) is 0 Å². The zero-order valence-electron chi connectivity index (χ0n) is 10.7. The van der Waals surface area contributed by atoms with E-state index < -0.39 is 6.10 Å². The first-order valence-electron chi connectivity index (χ1n) is 6.33. The fourth-order valence-electron chi connectivity index (χ4n) is 2.30. The first kappa shape index (κ1) is 11.9. The van der Waals surface area contributed by atoms with Gasteiger partial charge < -0.3 is 5.11 Å².